The second-order valence-corrected chi connectivity index (χ2v) is 4.68. The van der Waals surface area contributed by atoms with E-state index in [1.807, 2.05) is 30.3 Å². The van der Waals surface area contributed by atoms with Crippen molar-refractivity contribution < 1.29 is 4.79 Å². The molecule has 0 unspecified atom stereocenters. The largest absolute Gasteiger partial charge is 0.334 e. The van der Waals surface area contributed by atoms with Crippen molar-refractivity contribution in [3.8, 4) is 0 Å². The maximum absolute atomic E-state index is 11.7. The zero-order valence-electron chi connectivity index (χ0n) is 9.99. The molecule has 0 atom stereocenters. The Hall–Kier alpha value is -1.71. The monoisotopic (exact) mass is 294 g/mol. The third-order valence-electron chi connectivity index (χ3n) is 2.50. The molecule has 0 bridgehead atoms. The molecule has 0 aliphatic carbocycles. The number of benzene rings is 2. The van der Waals surface area contributed by atoms with Gasteiger partial charge in [-0.25, -0.2) is 4.79 Å². The first-order chi connectivity index (χ1) is 9.16. The summed E-state index contributed by atoms with van der Waals surface area (Å²) in [5, 5.41) is 6.13. The number of halogens is 2. The molecule has 2 aromatic carbocycles. The Morgan fingerprint density at radius 1 is 1.00 bits per heavy atom. The molecular weight excluding hydrogens is 283 g/mol. The highest BCUT2D eigenvalue weighted by molar-refractivity contribution is 6.43. The molecule has 98 valence electrons. The lowest BCUT2D eigenvalue weighted by Gasteiger charge is -2.09. The zero-order valence-corrected chi connectivity index (χ0v) is 11.5. The van der Waals surface area contributed by atoms with Crippen LogP contribution in [-0.2, 0) is 6.54 Å². The fourth-order valence-corrected chi connectivity index (χ4v) is 1.89. The van der Waals surface area contributed by atoms with Crippen molar-refractivity contribution in [3.05, 3.63) is 64.1 Å². The van der Waals surface area contributed by atoms with Crippen LogP contribution in [0, 0.1) is 0 Å². The van der Waals surface area contributed by atoms with Gasteiger partial charge >= 0.3 is 6.03 Å². The Bertz CT molecular complexity index is 573. The van der Waals surface area contributed by atoms with Gasteiger partial charge in [0.05, 0.1) is 15.7 Å². The maximum Gasteiger partial charge on any atom is 0.319 e. The standard InChI is InChI=1S/C14H12Cl2N2O/c15-11-7-4-8-12(13(11)16)18-14(19)17-9-10-5-2-1-3-6-10/h1-8H,9H2,(H2,17,18,19). The average molecular weight is 295 g/mol. The van der Waals surface area contributed by atoms with Crippen LogP contribution in [0.3, 0.4) is 0 Å². The van der Waals surface area contributed by atoms with E-state index < -0.39 is 0 Å². The van der Waals surface area contributed by atoms with Crippen molar-refractivity contribution in [1.82, 2.24) is 5.32 Å². The first kappa shape index (κ1) is 13.7. The highest BCUT2D eigenvalue weighted by Crippen LogP contribution is 2.29. The van der Waals surface area contributed by atoms with Crippen molar-refractivity contribution >= 4 is 34.9 Å². The van der Waals surface area contributed by atoms with Crippen molar-refractivity contribution in [1.29, 1.82) is 0 Å². The van der Waals surface area contributed by atoms with Gasteiger partial charge in [-0.1, -0.05) is 59.6 Å². The van der Waals surface area contributed by atoms with Gasteiger partial charge in [-0.3, -0.25) is 0 Å². The van der Waals surface area contributed by atoms with Gasteiger partial charge in [-0.15, -0.1) is 0 Å². The zero-order chi connectivity index (χ0) is 13.7. The minimum Gasteiger partial charge on any atom is -0.334 e. The topological polar surface area (TPSA) is 41.1 Å². The van der Waals surface area contributed by atoms with Crippen LogP contribution in [-0.4, -0.2) is 6.03 Å². The Balaban J connectivity index is 1.93. The number of urea groups is 1. The van der Waals surface area contributed by atoms with E-state index in [2.05, 4.69) is 10.6 Å². The highest BCUT2D eigenvalue weighted by Gasteiger charge is 2.07. The molecule has 0 aliphatic heterocycles. The van der Waals surface area contributed by atoms with E-state index in [1.165, 1.54) is 0 Å². The minimum absolute atomic E-state index is 0.326. The van der Waals surface area contributed by atoms with Gasteiger partial charge in [-0.05, 0) is 17.7 Å². The molecule has 19 heavy (non-hydrogen) atoms. The van der Waals surface area contributed by atoms with E-state index >= 15 is 0 Å². The fourth-order valence-electron chi connectivity index (χ4n) is 1.55. The fraction of sp³-hybridized carbons (Fsp3) is 0.0714. The summed E-state index contributed by atoms with van der Waals surface area (Å²) in [5.74, 6) is 0. The molecule has 5 heteroatoms. The summed E-state index contributed by atoms with van der Waals surface area (Å²) in [6.45, 7) is 0.449. The average Bonchev–Trinajstić information content (AvgIpc) is 2.43. The molecule has 0 aliphatic rings. The summed E-state index contributed by atoms with van der Waals surface area (Å²) < 4.78 is 0. The summed E-state index contributed by atoms with van der Waals surface area (Å²) in [6, 6.07) is 14.4. The van der Waals surface area contributed by atoms with Crippen LogP contribution in [0.15, 0.2) is 48.5 Å². The number of hydrogen-bond acceptors (Lipinski definition) is 1. The van der Waals surface area contributed by atoms with Crippen LogP contribution in [0.4, 0.5) is 10.5 Å². The normalized spacial score (nSPS) is 10.0. The SMILES string of the molecule is O=C(NCc1ccccc1)Nc1cccc(Cl)c1Cl. The first-order valence-electron chi connectivity index (χ1n) is 5.69. The summed E-state index contributed by atoms with van der Waals surface area (Å²) in [6.07, 6.45) is 0. The van der Waals surface area contributed by atoms with Gasteiger partial charge < -0.3 is 10.6 Å². The summed E-state index contributed by atoms with van der Waals surface area (Å²) in [5.41, 5.74) is 1.51. The van der Waals surface area contributed by atoms with E-state index in [-0.39, 0.29) is 6.03 Å². The Morgan fingerprint density at radius 2 is 1.74 bits per heavy atom. The lowest BCUT2D eigenvalue weighted by Crippen LogP contribution is -2.28. The predicted octanol–water partition coefficient (Wildman–Crippen LogP) is 4.32. The van der Waals surface area contributed by atoms with E-state index in [0.717, 1.165) is 5.56 Å². The second-order valence-electron chi connectivity index (χ2n) is 3.89. The molecule has 0 heterocycles. The molecule has 0 radical (unpaired) electrons. The van der Waals surface area contributed by atoms with Crippen molar-refractivity contribution in [2.24, 2.45) is 0 Å². The number of amides is 2. The summed E-state index contributed by atoms with van der Waals surface area (Å²) in [4.78, 5) is 11.7. The quantitative estimate of drug-likeness (QED) is 0.870. The van der Waals surface area contributed by atoms with Gasteiger partial charge in [0, 0.05) is 6.54 Å². The molecule has 0 spiro atoms. The number of anilines is 1. The number of carbonyl (C=O) groups excluding carboxylic acids is 1. The van der Waals surface area contributed by atoms with E-state index in [0.29, 0.717) is 22.3 Å². The van der Waals surface area contributed by atoms with Crippen molar-refractivity contribution in [2.45, 2.75) is 6.54 Å². The van der Waals surface area contributed by atoms with E-state index in [9.17, 15) is 4.79 Å². The van der Waals surface area contributed by atoms with Gasteiger partial charge in [0.15, 0.2) is 0 Å². The molecule has 0 fully saturated rings. The molecule has 0 saturated carbocycles. The molecule has 0 saturated heterocycles. The molecule has 2 rings (SSSR count). The van der Waals surface area contributed by atoms with Crippen molar-refractivity contribution in [3.63, 3.8) is 0 Å². The summed E-state index contributed by atoms with van der Waals surface area (Å²) in [7, 11) is 0. The summed E-state index contributed by atoms with van der Waals surface area (Å²) >= 11 is 11.8. The number of rotatable bonds is 3. The molecule has 2 N–H and O–H groups in total. The number of carbonyl (C=O) groups is 1. The van der Waals surface area contributed by atoms with Crippen LogP contribution in [0.2, 0.25) is 10.0 Å². The molecule has 2 aromatic rings. The van der Waals surface area contributed by atoms with Crippen molar-refractivity contribution in [2.75, 3.05) is 5.32 Å². The van der Waals surface area contributed by atoms with Gasteiger partial charge in [0.2, 0.25) is 0 Å². The lowest BCUT2D eigenvalue weighted by molar-refractivity contribution is 0.251. The lowest BCUT2D eigenvalue weighted by atomic mass is 10.2. The third kappa shape index (κ3) is 3.88. The second kappa shape index (κ2) is 6.45. The highest BCUT2D eigenvalue weighted by atomic mass is 35.5. The molecule has 2 amide bonds. The van der Waals surface area contributed by atoms with E-state index in [4.69, 9.17) is 23.2 Å². The Kier molecular flexibility index (Phi) is 4.66. The van der Waals surface area contributed by atoms with Crippen LogP contribution in [0.25, 0.3) is 0 Å². The number of nitrogens with one attached hydrogen (secondary N) is 2. The smallest absolute Gasteiger partial charge is 0.319 e. The van der Waals surface area contributed by atoms with Crippen LogP contribution < -0.4 is 10.6 Å². The van der Waals surface area contributed by atoms with Gasteiger partial charge in [0.1, 0.15) is 0 Å². The minimum atomic E-state index is -0.326. The molecule has 0 aromatic heterocycles. The Labute approximate surface area is 121 Å². The van der Waals surface area contributed by atoms with Gasteiger partial charge in [-0.2, -0.15) is 0 Å². The van der Waals surface area contributed by atoms with Crippen LogP contribution in [0.1, 0.15) is 5.56 Å². The van der Waals surface area contributed by atoms with E-state index in [1.54, 1.807) is 18.2 Å². The maximum atomic E-state index is 11.7. The first-order valence-corrected chi connectivity index (χ1v) is 6.45. The van der Waals surface area contributed by atoms with Crippen LogP contribution in [0.5, 0.6) is 0 Å². The Morgan fingerprint density at radius 3 is 2.47 bits per heavy atom. The molecular formula is C14H12Cl2N2O. The molecule has 3 nitrogen and oxygen atoms in total. The predicted molar refractivity (Wildman–Crippen MR) is 78.8 cm³/mol. The third-order valence-corrected chi connectivity index (χ3v) is 3.31. The van der Waals surface area contributed by atoms with Crippen LogP contribution >= 0.6 is 23.2 Å². The van der Waals surface area contributed by atoms with Gasteiger partial charge in [0.25, 0.3) is 0 Å². The number of hydrogen-bond donors (Lipinski definition) is 2.